The molecule has 0 unspecified atom stereocenters. The van der Waals surface area contributed by atoms with Gasteiger partial charge in [0.25, 0.3) is 0 Å². The van der Waals surface area contributed by atoms with Gasteiger partial charge in [0, 0.05) is 0 Å². The summed E-state index contributed by atoms with van der Waals surface area (Å²) in [5, 5.41) is 0.497. The molecule has 2 N–H and O–H groups in total. The van der Waals surface area contributed by atoms with E-state index < -0.39 is 0 Å². The number of fused-ring (bicyclic) bond motifs is 1. The van der Waals surface area contributed by atoms with Crippen LogP contribution in [0, 0.1) is 0 Å². The van der Waals surface area contributed by atoms with Gasteiger partial charge in [-0.15, -0.1) is 0 Å². The number of nitrogens with two attached hydrogens (primary N) is 1. The lowest BCUT2D eigenvalue weighted by Gasteiger charge is -1.94. The quantitative estimate of drug-likeness (QED) is 0.638. The number of rotatable bonds is 0. The van der Waals surface area contributed by atoms with Crippen molar-refractivity contribution in [2.24, 2.45) is 0 Å². The van der Waals surface area contributed by atoms with E-state index in [4.69, 9.17) is 17.3 Å². The van der Waals surface area contributed by atoms with Crippen molar-refractivity contribution in [3.05, 3.63) is 17.2 Å². The van der Waals surface area contributed by atoms with Crippen molar-refractivity contribution < 1.29 is 0 Å². The number of anilines is 1. The number of aromatic nitrogens is 2. The maximum atomic E-state index is 5.85. The molecule has 0 aliphatic rings. The number of halogens is 1. The Labute approximate surface area is 72.1 Å². The third-order valence-electron chi connectivity index (χ3n) is 1.40. The zero-order valence-corrected chi connectivity index (χ0v) is 6.99. The molecule has 0 fully saturated rings. The van der Waals surface area contributed by atoms with Crippen LogP contribution in [0.3, 0.4) is 0 Å². The highest BCUT2D eigenvalue weighted by molar-refractivity contribution is 7.00. The van der Waals surface area contributed by atoms with Gasteiger partial charge in [-0.1, -0.05) is 11.6 Å². The highest BCUT2D eigenvalue weighted by Crippen LogP contribution is 2.26. The summed E-state index contributed by atoms with van der Waals surface area (Å²) in [7, 11) is 0. The van der Waals surface area contributed by atoms with Crippen molar-refractivity contribution in [1.82, 2.24) is 8.75 Å². The van der Waals surface area contributed by atoms with Crippen LogP contribution in [0.1, 0.15) is 0 Å². The standard InChI is InChI=1S/C6H4ClN3S/c7-5-3(8)1-2-4-6(5)10-11-9-4/h1-2H,8H2. The number of benzene rings is 1. The van der Waals surface area contributed by atoms with Gasteiger partial charge >= 0.3 is 0 Å². The molecule has 3 nitrogen and oxygen atoms in total. The van der Waals surface area contributed by atoms with Crippen LogP contribution in [0.15, 0.2) is 12.1 Å². The molecule has 11 heavy (non-hydrogen) atoms. The largest absolute Gasteiger partial charge is 0.397 e. The first kappa shape index (κ1) is 6.82. The lowest BCUT2D eigenvalue weighted by atomic mass is 10.3. The van der Waals surface area contributed by atoms with Crippen LogP contribution >= 0.6 is 23.3 Å². The van der Waals surface area contributed by atoms with Gasteiger partial charge in [-0.25, -0.2) is 0 Å². The summed E-state index contributed by atoms with van der Waals surface area (Å²) in [4.78, 5) is 0. The molecule has 0 aliphatic heterocycles. The number of nitrogen functional groups attached to an aromatic ring is 1. The van der Waals surface area contributed by atoms with Crippen molar-refractivity contribution in [2.45, 2.75) is 0 Å². The Morgan fingerprint density at radius 1 is 1.36 bits per heavy atom. The van der Waals surface area contributed by atoms with Crippen LogP contribution in [0.2, 0.25) is 5.02 Å². The van der Waals surface area contributed by atoms with Gasteiger partial charge in [0.2, 0.25) is 0 Å². The summed E-state index contributed by atoms with van der Waals surface area (Å²) in [5.74, 6) is 0. The molecule has 0 atom stereocenters. The van der Waals surface area contributed by atoms with E-state index in [1.54, 1.807) is 12.1 Å². The molecular weight excluding hydrogens is 182 g/mol. The van der Waals surface area contributed by atoms with Gasteiger partial charge < -0.3 is 5.73 Å². The minimum atomic E-state index is 0.497. The Hall–Kier alpha value is -0.870. The molecule has 0 radical (unpaired) electrons. The fourth-order valence-electron chi connectivity index (χ4n) is 0.836. The van der Waals surface area contributed by atoms with Crippen molar-refractivity contribution >= 4 is 40.0 Å². The molecule has 1 heterocycles. The highest BCUT2D eigenvalue weighted by Gasteiger charge is 2.05. The van der Waals surface area contributed by atoms with E-state index in [2.05, 4.69) is 8.75 Å². The Balaban J connectivity index is 2.93. The molecule has 0 saturated heterocycles. The summed E-state index contributed by atoms with van der Waals surface area (Å²) < 4.78 is 8.01. The second kappa shape index (κ2) is 2.32. The maximum Gasteiger partial charge on any atom is 0.125 e. The fraction of sp³-hybridized carbons (Fsp3) is 0. The Morgan fingerprint density at radius 3 is 3.00 bits per heavy atom. The van der Waals surface area contributed by atoms with Gasteiger partial charge in [-0.2, -0.15) is 8.75 Å². The molecule has 1 aromatic heterocycles. The van der Waals surface area contributed by atoms with Crippen LogP contribution in [0.4, 0.5) is 5.69 Å². The first-order valence-corrected chi connectivity index (χ1v) is 4.06. The Morgan fingerprint density at radius 2 is 2.18 bits per heavy atom. The van der Waals surface area contributed by atoms with Gasteiger partial charge in [-0.05, 0) is 12.1 Å². The number of hydrogen-bond donors (Lipinski definition) is 1. The first-order valence-electron chi connectivity index (χ1n) is 2.95. The molecular formula is C6H4ClN3S. The number of nitrogens with zero attached hydrogens (tertiary/aromatic N) is 2. The predicted octanol–water partition coefficient (Wildman–Crippen LogP) is 1.93. The lowest BCUT2D eigenvalue weighted by Crippen LogP contribution is -1.85. The van der Waals surface area contributed by atoms with E-state index in [0.717, 1.165) is 17.2 Å². The second-order valence-electron chi connectivity index (χ2n) is 2.10. The van der Waals surface area contributed by atoms with Crippen LogP contribution in [-0.2, 0) is 0 Å². The van der Waals surface area contributed by atoms with Crippen molar-refractivity contribution in [3.8, 4) is 0 Å². The van der Waals surface area contributed by atoms with E-state index in [9.17, 15) is 0 Å². The molecule has 56 valence electrons. The first-order chi connectivity index (χ1) is 5.29. The highest BCUT2D eigenvalue weighted by atomic mass is 35.5. The monoisotopic (exact) mass is 185 g/mol. The fourth-order valence-corrected chi connectivity index (χ4v) is 1.63. The van der Waals surface area contributed by atoms with Crippen molar-refractivity contribution in [2.75, 3.05) is 5.73 Å². The molecule has 0 aliphatic carbocycles. The topological polar surface area (TPSA) is 51.8 Å². The summed E-state index contributed by atoms with van der Waals surface area (Å²) in [6.07, 6.45) is 0. The molecule has 0 saturated carbocycles. The maximum absolute atomic E-state index is 5.85. The molecule has 5 heteroatoms. The third kappa shape index (κ3) is 0.948. The molecule has 0 amide bonds. The van der Waals surface area contributed by atoms with Crippen LogP contribution in [-0.4, -0.2) is 8.75 Å². The predicted molar refractivity (Wildman–Crippen MR) is 46.8 cm³/mol. The smallest absolute Gasteiger partial charge is 0.125 e. The summed E-state index contributed by atoms with van der Waals surface area (Å²) >= 11 is 6.98. The average molecular weight is 186 g/mol. The van der Waals surface area contributed by atoms with Gasteiger partial charge in [0.05, 0.1) is 22.4 Å². The third-order valence-corrected chi connectivity index (χ3v) is 2.34. The molecule has 2 rings (SSSR count). The van der Waals surface area contributed by atoms with E-state index in [0.29, 0.717) is 16.2 Å². The zero-order valence-electron chi connectivity index (χ0n) is 5.41. The SMILES string of the molecule is Nc1ccc2nsnc2c1Cl. The summed E-state index contributed by atoms with van der Waals surface area (Å²) in [5.41, 5.74) is 7.59. The lowest BCUT2D eigenvalue weighted by molar-refractivity contribution is 1.63. The molecule has 1 aromatic carbocycles. The average Bonchev–Trinajstić information content (AvgIpc) is 2.45. The van der Waals surface area contributed by atoms with E-state index in [1.807, 2.05) is 0 Å². The minimum absolute atomic E-state index is 0.497. The number of hydrogen-bond acceptors (Lipinski definition) is 4. The van der Waals surface area contributed by atoms with E-state index in [-0.39, 0.29) is 0 Å². The Kier molecular flexibility index (Phi) is 1.44. The normalized spacial score (nSPS) is 10.6. The van der Waals surface area contributed by atoms with E-state index >= 15 is 0 Å². The van der Waals surface area contributed by atoms with Crippen LogP contribution < -0.4 is 5.73 Å². The summed E-state index contributed by atoms with van der Waals surface area (Å²) in [6.45, 7) is 0. The molecule has 2 aromatic rings. The molecule has 0 bridgehead atoms. The van der Waals surface area contributed by atoms with Gasteiger partial charge in [0.15, 0.2) is 0 Å². The van der Waals surface area contributed by atoms with Crippen molar-refractivity contribution in [3.63, 3.8) is 0 Å². The second-order valence-corrected chi connectivity index (χ2v) is 3.01. The van der Waals surface area contributed by atoms with Crippen LogP contribution in [0.25, 0.3) is 11.0 Å². The van der Waals surface area contributed by atoms with Crippen molar-refractivity contribution in [1.29, 1.82) is 0 Å². The summed E-state index contributed by atoms with van der Waals surface area (Å²) in [6, 6.07) is 3.53. The van der Waals surface area contributed by atoms with E-state index in [1.165, 1.54) is 0 Å². The minimum Gasteiger partial charge on any atom is -0.397 e. The Bertz CT molecular complexity index is 398. The van der Waals surface area contributed by atoms with Crippen LogP contribution in [0.5, 0.6) is 0 Å². The molecule has 0 spiro atoms. The zero-order chi connectivity index (χ0) is 7.84. The van der Waals surface area contributed by atoms with Gasteiger partial charge in [-0.3, -0.25) is 0 Å². The van der Waals surface area contributed by atoms with Gasteiger partial charge in [0.1, 0.15) is 11.0 Å².